The number of nitrogens with zero attached hydrogens (tertiary/aromatic N) is 3. The summed E-state index contributed by atoms with van der Waals surface area (Å²) in [6.07, 6.45) is 6.88. The Morgan fingerprint density at radius 3 is 2.72 bits per heavy atom. The molecule has 2 rings (SSSR count). The van der Waals surface area contributed by atoms with Gasteiger partial charge in [0.25, 0.3) is 0 Å². The molecule has 1 aliphatic rings. The quantitative estimate of drug-likeness (QED) is 0.535. The van der Waals surface area contributed by atoms with E-state index in [0.717, 1.165) is 31.7 Å². The second kappa shape index (κ2) is 6.51. The van der Waals surface area contributed by atoms with Crippen LogP contribution in [0.25, 0.3) is 0 Å². The molecule has 0 spiro atoms. The Morgan fingerprint density at radius 2 is 2.06 bits per heavy atom. The first-order valence-corrected chi connectivity index (χ1v) is 6.59. The Bertz CT molecular complexity index is 361. The summed E-state index contributed by atoms with van der Waals surface area (Å²) in [5.41, 5.74) is 2.51. The van der Waals surface area contributed by atoms with E-state index in [1.165, 1.54) is 13.0 Å². The molecule has 1 fully saturated rings. The Labute approximate surface area is 108 Å². The lowest BCUT2D eigenvalue weighted by molar-refractivity contribution is 0.219. The zero-order valence-electron chi connectivity index (χ0n) is 10.9. The maximum atomic E-state index is 5.32. The molecule has 0 saturated carbocycles. The highest BCUT2D eigenvalue weighted by Crippen LogP contribution is 2.15. The summed E-state index contributed by atoms with van der Waals surface area (Å²) < 4.78 is 0. The zero-order valence-corrected chi connectivity index (χ0v) is 10.9. The van der Waals surface area contributed by atoms with Crippen LogP contribution < -0.4 is 16.6 Å². The van der Waals surface area contributed by atoms with Crippen molar-refractivity contribution in [1.29, 1.82) is 0 Å². The van der Waals surface area contributed by atoms with E-state index in [-0.39, 0.29) is 0 Å². The van der Waals surface area contributed by atoms with E-state index in [1.54, 1.807) is 12.4 Å². The molecule has 0 aromatic carbocycles. The molecule has 6 nitrogen and oxygen atoms in total. The third-order valence-corrected chi connectivity index (χ3v) is 3.26. The van der Waals surface area contributed by atoms with Gasteiger partial charge in [0.2, 0.25) is 0 Å². The number of nitrogens with two attached hydrogens (primary N) is 1. The average Bonchev–Trinajstić information content (AvgIpc) is 2.42. The lowest BCUT2D eigenvalue weighted by Crippen LogP contribution is -2.39. The third kappa shape index (κ3) is 3.54. The fourth-order valence-electron chi connectivity index (χ4n) is 2.33. The molecule has 6 heteroatoms. The monoisotopic (exact) mass is 250 g/mol. The van der Waals surface area contributed by atoms with Crippen LogP contribution in [0.15, 0.2) is 12.4 Å². The number of likely N-dealkylation sites (tertiary alicyclic amines) is 1. The fourth-order valence-corrected chi connectivity index (χ4v) is 2.33. The molecule has 0 radical (unpaired) electrons. The highest BCUT2D eigenvalue weighted by molar-refractivity contribution is 5.41. The molecule has 0 atom stereocenters. The van der Waals surface area contributed by atoms with Gasteiger partial charge in [0.1, 0.15) is 5.82 Å². The summed E-state index contributed by atoms with van der Waals surface area (Å²) in [4.78, 5) is 10.9. The van der Waals surface area contributed by atoms with E-state index in [0.29, 0.717) is 11.9 Å². The minimum absolute atomic E-state index is 0.487. The number of piperidine rings is 1. The Kier molecular flexibility index (Phi) is 4.72. The van der Waals surface area contributed by atoms with E-state index >= 15 is 0 Å². The highest BCUT2D eigenvalue weighted by Gasteiger charge is 2.18. The lowest BCUT2D eigenvalue weighted by atomic mass is 10.1. The molecule has 2 heterocycles. The Balaban J connectivity index is 1.83. The minimum Gasteiger partial charge on any atom is -0.366 e. The second-order valence-electron chi connectivity index (χ2n) is 4.69. The molecule has 1 aromatic rings. The number of nitrogens with one attached hydrogen (secondary N) is 2. The molecule has 100 valence electrons. The SMILES string of the molecule is CCCN1CCC(Nc2cncc(NN)n2)CC1. The standard InChI is InChI=1S/C12H22N6/c1-2-5-18-6-3-10(4-7-18)15-11-8-14-9-12(16-11)17-13/h8-10H,2-7,13H2,1H3,(H2,15,16,17). The van der Waals surface area contributed by atoms with Gasteiger partial charge in [0, 0.05) is 19.1 Å². The maximum Gasteiger partial charge on any atom is 0.160 e. The summed E-state index contributed by atoms with van der Waals surface area (Å²) in [5, 5.41) is 3.42. The number of nitrogen functional groups attached to an aromatic ring is 1. The molecule has 1 aromatic heterocycles. The van der Waals surface area contributed by atoms with E-state index in [1.807, 2.05) is 0 Å². The van der Waals surface area contributed by atoms with E-state index < -0.39 is 0 Å². The van der Waals surface area contributed by atoms with Crippen LogP contribution in [-0.2, 0) is 0 Å². The summed E-state index contributed by atoms with van der Waals surface area (Å²) in [6, 6.07) is 0.487. The van der Waals surface area contributed by atoms with Crippen LogP contribution in [0.4, 0.5) is 11.6 Å². The second-order valence-corrected chi connectivity index (χ2v) is 4.69. The molecule has 1 aliphatic heterocycles. The van der Waals surface area contributed by atoms with E-state index in [4.69, 9.17) is 5.84 Å². The molecule has 18 heavy (non-hydrogen) atoms. The van der Waals surface area contributed by atoms with Gasteiger partial charge in [0.05, 0.1) is 12.4 Å². The molecule has 0 amide bonds. The van der Waals surface area contributed by atoms with Gasteiger partial charge < -0.3 is 15.6 Å². The molecular weight excluding hydrogens is 228 g/mol. The molecule has 4 N–H and O–H groups in total. The van der Waals surface area contributed by atoms with Gasteiger partial charge in [0.15, 0.2) is 5.82 Å². The fraction of sp³-hybridized carbons (Fsp3) is 0.667. The smallest absolute Gasteiger partial charge is 0.160 e. The zero-order chi connectivity index (χ0) is 12.8. The number of hydrogen-bond acceptors (Lipinski definition) is 6. The average molecular weight is 250 g/mol. The molecular formula is C12H22N6. The summed E-state index contributed by atoms with van der Waals surface area (Å²) in [6.45, 7) is 5.76. The predicted molar refractivity (Wildman–Crippen MR) is 73.2 cm³/mol. The number of aromatic nitrogens is 2. The van der Waals surface area contributed by atoms with Gasteiger partial charge in [-0.1, -0.05) is 6.92 Å². The Hall–Kier alpha value is -1.40. The number of anilines is 2. The normalized spacial score (nSPS) is 17.7. The van der Waals surface area contributed by atoms with Crippen molar-refractivity contribution in [2.24, 2.45) is 5.84 Å². The van der Waals surface area contributed by atoms with Crippen LogP contribution in [0, 0.1) is 0 Å². The van der Waals surface area contributed by atoms with Gasteiger partial charge in [-0.05, 0) is 25.8 Å². The van der Waals surface area contributed by atoms with Crippen LogP contribution in [-0.4, -0.2) is 40.5 Å². The first-order valence-electron chi connectivity index (χ1n) is 6.59. The van der Waals surface area contributed by atoms with Crippen molar-refractivity contribution in [3.63, 3.8) is 0 Å². The van der Waals surface area contributed by atoms with Crippen molar-refractivity contribution in [3.8, 4) is 0 Å². The molecule has 1 saturated heterocycles. The summed E-state index contributed by atoms with van der Waals surface area (Å²) in [7, 11) is 0. The van der Waals surface area contributed by atoms with Crippen molar-refractivity contribution in [2.75, 3.05) is 30.4 Å². The third-order valence-electron chi connectivity index (χ3n) is 3.26. The number of hydrazine groups is 1. The summed E-state index contributed by atoms with van der Waals surface area (Å²) in [5.74, 6) is 6.69. The maximum absolute atomic E-state index is 5.32. The number of hydrogen-bond donors (Lipinski definition) is 3. The first kappa shape index (κ1) is 13.0. The lowest BCUT2D eigenvalue weighted by Gasteiger charge is -2.32. The van der Waals surface area contributed by atoms with Crippen LogP contribution >= 0.6 is 0 Å². The van der Waals surface area contributed by atoms with Crippen molar-refractivity contribution in [3.05, 3.63) is 12.4 Å². The molecule has 0 bridgehead atoms. The van der Waals surface area contributed by atoms with E-state index in [9.17, 15) is 0 Å². The van der Waals surface area contributed by atoms with Gasteiger partial charge in [-0.25, -0.2) is 10.8 Å². The Morgan fingerprint density at radius 1 is 1.33 bits per heavy atom. The van der Waals surface area contributed by atoms with Crippen molar-refractivity contribution >= 4 is 11.6 Å². The van der Waals surface area contributed by atoms with Crippen LogP contribution in [0.5, 0.6) is 0 Å². The molecule has 0 aliphatic carbocycles. The topological polar surface area (TPSA) is 79.1 Å². The van der Waals surface area contributed by atoms with E-state index in [2.05, 4.69) is 32.5 Å². The van der Waals surface area contributed by atoms with Crippen molar-refractivity contribution < 1.29 is 0 Å². The van der Waals surface area contributed by atoms with Crippen molar-refractivity contribution in [2.45, 2.75) is 32.2 Å². The largest absolute Gasteiger partial charge is 0.366 e. The van der Waals surface area contributed by atoms with Crippen molar-refractivity contribution in [1.82, 2.24) is 14.9 Å². The van der Waals surface area contributed by atoms with Gasteiger partial charge in [-0.15, -0.1) is 0 Å². The first-order chi connectivity index (χ1) is 8.81. The number of rotatable bonds is 5. The minimum atomic E-state index is 0.487. The summed E-state index contributed by atoms with van der Waals surface area (Å²) >= 11 is 0. The highest BCUT2D eigenvalue weighted by atomic mass is 15.3. The predicted octanol–water partition coefficient (Wildman–Crippen LogP) is 1.05. The van der Waals surface area contributed by atoms with Gasteiger partial charge in [-0.3, -0.25) is 4.98 Å². The van der Waals surface area contributed by atoms with Gasteiger partial charge in [-0.2, -0.15) is 0 Å². The molecule has 0 unspecified atom stereocenters. The van der Waals surface area contributed by atoms with Gasteiger partial charge >= 0.3 is 0 Å². The van der Waals surface area contributed by atoms with Crippen LogP contribution in [0.1, 0.15) is 26.2 Å². The van der Waals surface area contributed by atoms with Crippen LogP contribution in [0.2, 0.25) is 0 Å². The van der Waals surface area contributed by atoms with Crippen LogP contribution in [0.3, 0.4) is 0 Å².